The summed E-state index contributed by atoms with van der Waals surface area (Å²) in [6, 6.07) is 7.38. The highest BCUT2D eigenvalue weighted by Crippen LogP contribution is 2.31. The molecule has 1 amide bonds. The topological polar surface area (TPSA) is 76.1 Å². The van der Waals surface area contributed by atoms with Crippen LogP contribution in [0.5, 0.6) is 0 Å². The molecule has 2 aromatic rings. The number of benzene rings is 1. The van der Waals surface area contributed by atoms with Gasteiger partial charge in [-0.15, -0.1) is 10.2 Å². The average Bonchev–Trinajstić information content (AvgIpc) is 2.97. The van der Waals surface area contributed by atoms with E-state index in [0.29, 0.717) is 28.3 Å². The van der Waals surface area contributed by atoms with Gasteiger partial charge in [-0.2, -0.15) is 0 Å². The van der Waals surface area contributed by atoms with E-state index in [1.807, 2.05) is 18.2 Å². The van der Waals surface area contributed by atoms with Gasteiger partial charge in [0.1, 0.15) is 6.10 Å². The Morgan fingerprint density at radius 2 is 2.29 bits per heavy atom. The van der Waals surface area contributed by atoms with Gasteiger partial charge in [0, 0.05) is 18.7 Å². The molecule has 0 saturated carbocycles. The highest BCUT2D eigenvalue weighted by atomic mass is 35.5. The highest BCUT2D eigenvalue weighted by Gasteiger charge is 2.23. The molecule has 0 bridgehead atoms. The zero-order valence-corrected chi connectivity index (χ0v) is 12.6. The number of nitrogens with one attached hydrogen (secondary N) is 2. The molecule has 8 heteroatoms. The Hall–Kier alpha value is -1.54. The number of carbonyl (C=O) groups excluding carboxylic acids is 1. The maximum Gasteiger partial charge on any atom is 0.256 e. The van der Waals surface area contributed by atoms with Crippen LogP contribution in [0.3, 0.4) is 0 Å². The van der Waals surface area contributed by atoms with Crippen molar-refractivity contribution < 1.29 is 9.53 Å². The van der Waals surface area contributed by atoms with Crippen LogP contribution < -0.4 is 10.6 Å². The quantitative estimate of drug-likeness (QED) is 0.900. The van der Waals surface area contributed by atoms with E-state index < -0.39 is 6.10 Å². The molecule has 1 aromatic carbocycles. The molecule has 3 rings (SSSR count). The molecule has 110 valence electrons. The number of anilines is 1. The number of ether oxygens (including phenoxy) is 1. The Balaban J connectivity index is 1.70. The Kier molecular flexibility index (Phi) is 4.45. The Labute approximate surface area is 130 Å². The predicted octanol–water partition coefficient (Wildman–Crippen LogP) is 1.79. The summed E-state index contributed by atoms with van der Waals surface area (Å²) in [5.41, 5.74) is 0.799. The van der Waals surface area contributed by atoms with E-state index in [1.54, 1.807) is 6.07 Å². The Bertz CT molecular complexity index is 643. The van der Waals surface area contributed by atoms with E-state index >= 15 is 0 Å². The van der Waals surface area contributed by atoms with Gasteiger partial charge in [0.15, 0.2) is 5.01 Å². The summed E-state index contributed by atoms with van der Waals surface area (Å²) in [5, 5.41) is 15.6. The molecular formula is C13H13ClN4O2S. The van der Waals surface area contributed by atoms with Gasteiger partial charge in [-0.05, 0) is 6.07 Å². The molecule has 1 aromatic heterocycles. The summed E-state index contributed by atoms with van der Waals surface area (Å²) >= 11 is 7.40. The van der Waals surface area contributed by atoms with Crippen molar-refractivity contribution in [1.29, 1.82) is 0 Å². The van der Waals surface area contributed by atoms with Gasteiger partial charge >= 0.3 is 0 Å². The van der Waals surface area contributed by atoms with Crippen molar-refractivity contribution in [3.05, 3.63) is 29.3 Å². The molecule has 0 aliphatic carbocycles. The molecule has 0 radical (unpaired) electrons. The molecule has 1 aliphatic rings. The molecule has 21 heavy (non-hydrogen) atoms. The van der Waals surface area contributed by atoms with Gasteiger partial charge in [-0.1, -0.05) is 41.1 Å². The number of morpholine rings is 1. The third-order valence-electron chi connectivity index (χ3n) is 2.98. The second-order valence-electron chi connectivity index (χ2n) is 4.45. The van der Waals surface area contributed by atoms with Crippen LogP contribution in [0.1, 0.15) is 0 Å². The molecule has 1 atom stereocenters. The fourth-order valence-corrected chi connectivity index (χ4v) is 3.00. The lowest BCUT2D eigenvalue weighted by Crippen LogP contribution is -2.45. The van der Waals surface area contributed by atoms with Gasteiger partial charge in [0.05, 0.1) is 11.6 Å². The van der Waals surface area contributed by atoms with Crippen LogP contribution >= 0.6 is 22.9 Å². The largest absolute Gasteiger partial charge is 0.366 e. The molecule has 1 fully saturated rings. The van der Waals surface area contributed by atoms with Crippen LogP contribution in [0.25, 0.3) is 10.6 Å². The summed E-state index contributed by atoms with van der Waals surface area (Å²) in [5.74, 6) is -0.218. The van der Waals surface area contributed by atoms with Gasteiger partial charge in [-0.3, -0.25) is 10.1 Å². The van der Waals surface area contributed by atoms with Crippen molar-refractivity contribution in [2.24, 2.45) is 0 Å². The van der Waals surface area contributed by atoms with Crippen molar-refractivity contribution in [1.82, 2.24) is 15.5 Å². The zero-order valence-electron chi connectivity index (χ0n) is 11.0. The first-order chi connectivity index (χ1) is 10.2. The van der Waals surface area contributed by atoms with Crippen LogP contribution in [0.2, 0.25) is 5.02 Å². The highest BCUT2D eigenvalue weighted by molar-refractivity contribution is 7.18. The van der Waals surface area contributed by atoms with E-state index in [0.717, 1.165) is 12.1 Å². The minimum absolute atomic E-state index is 0.218. The lowest BCUT2D eigenvalue weighted by atomic mass is 10.2. The van der Waals surface area contributed by atoms with Crippen molar-refractivity contribution >= 4 is 34.0 Å². The van der Waals surface area contributed by atoms with Crippen LogP contribution in [-0.4, -0.2) is 41.9 Å². The third kappa shape index (κ3) is 3.38. The van der Waals surface area contributed by atoms with Gasteiger partial charge in [-0.25, -0.2) is 0 Å². The molecule has 0 spiro atoms. The van der Waals surface area contributed by atoms with Crippen molar-refractivity contribution in [3.63, 3.8) is 0 Å². The number of amides is 1. The van der Waals surface area contributed by atoms with Crippen LogP contribution in [0.15, 0.2) is 24.3 Å². The average molecular weight is 325 g/mol. The first-order valence-corrected chi connectivity index (χ1v) is 7.65. The molecule has 1 aliphatic heterocycles. The van der Waals surface area contributed by atoms with Crippen molar-refractivity contribution in [3.8, 4) is 10.6 Å². The second-order valence-corrected chi connectivity index (χ2v) is 5.83. The summed E-state index contributed by atoms with van der Waals surface area (Å²) < 4.78 is 5.38. The number of nitrogens with zero attached hydrogens (tertiary/aromatic N) is 2. The number of carbonyl (C=O) groups is 1. The van der Waals surface area contributed by atoms with Gasteiger partial charge in [0.25, 0.3) is 5.91 Å². The minimum Gasteiger partial charge on any atom is -0.366 e. The Morgan fingerprint density at radius 1 is 1.43 bits per heavy atom. The third-order valence-corrected chi connectivity index (χ3v) is 4.18. The summed E-state index contributed by atoms with van der Waals surface area (Å²) in [6.45, 7) is 1.79. The van der Waals surface area contributed by atoms with E-state index in [1.165, 1.54) is 11.3 Å². The number of aromatic nitrogens is 2. The normalized spacial score (nSPS) is 18.4. The molecule has 1 saturated heterocycles. The lowest BCUT2D eigenvalue weighted by molar-refractivity contribution is -0.128. The molecule has 2 N–H and O–H groups in total. The number of halogens is 1. The van der Waals surface area contributed by atoms with Crippen LogP contribution in [0.4, 0.5) is 5.13 Å². The van der Waals surface area contributed by atoms with E-state index in [2.05, 4.69) is 20.8 Å². The smallest absolute Gasteiger partial charge is 0.256 e. The molecular weight excluding hydrogens is 312 g/mol. The maximum atomic E-state index is 12.0. The van der Waals surface area contributed by atoms with E-state index in [4.69, 9.17) is 16.3 Å². The van der Waals surface area contributed by atoms with Gasteiger partial charge in [0.2, 0.25) is 5.13 Å². The van der Waals surface area contributed by atoms with Crippen LogP contribution in [0, 0.1) is 0 Å². The first-order valence-electron chi connectivity index (χ1n) is 6.45. The lowest BCUT2D eigenvalue weighted by Gasteiger charge is -2.21. The SMILES string of the molecule is O=C(Nc1nnc(-c2ccccc2Cl)s1)C1CNCCO1. The molecule has 2 heterocycles. The van der Waals surface area contributed by atoms with E-state index in [-0.39, 0.29) is 5.91 Å². The van der Waals surface area contributed by atoms with E-state index in [9.17, 15) is 4.79 Å². The monoisotopic (exact) mass is 324 g/mol. The number of rotatable bonds is 3. The first kappa shape index (κ1) is 14.4. The fourth-order valence-electron chi connectivity index (χ4n) is 1.94. The summed E-state index contributed by atoms with van der Waals surface area (Å²) in [6.07, 6.45) is -0.494. The zero-order chi connectivity index (χ0) is 14.7. The Morgan fingerprint density at radius 3 is 3.05 bits per heavy atom. The number of hydrogen-bond acceptors (Lipinski definition) is 6. The predicted molar refractivity (Wildman–Crippen MR) is 81.6 cm³/mol. The second kappa shape index (κ2) is 6.48. The summed E-state index contributed by atoms with van der Waals surface area (Å²) in [4.78, 5) is 12.0. The minimum atomic E-state index is -0.494. The standard InChI is InChI=1S/C13H13ClN4O2S/c14-9-4-2-1-3-8(9)12-17-18-13(21-12)16-11(19)10-7-15-5-6-20-10/h1-4,10,15H,5-7H2,(H,16,18,19). The van der Waals surface area contributed by atoms with Gasteiger partial charge < -0.3 is 10.1 Å². The molecule has 1 unspecified atom stereocenters. The van der Waals surface area contributed by atoms with Crippen molar-refractivity contribution in [2.75, 3.05) is 25.0 Å². The van der Waals surface area contributed by atoms with Crippen molar-refractivity contribution in [2.45, 2.75) is 6.10 Å². The summed E-state index contributed by atoms with van der Waals surface area (Å²) in [7, 11) is 0. The number of hydrogen-bond donors (Lipinski definition) is 2. The maximum absolute atomic E-state index is 12.0. The van der Waals surface area contributed by atoms with Crippen LogP contribution in [-0.2, 0) is 9.53 Å². The molecule has 6 nitrogen and oxygen atoms in total. The fraction of sp³-hybridized carbons (Fsp3) is 0.308.